The van der Waals surface area contributed by atoms with E-state index in [9.17, 15) is 14.7 Å². The van der Waals surface area contributed by atoms with Gasteiger partial charge in [-0.25, -0.2) is 14.8 Å². The highest BCUT2D eigenvalue weighted by molar-refractivity contribution is 5.94. The van der Waals surface area contributed by atoms with Crippen LogP contribution < -0.4 is 15.1 Å². The number of carboxylic acid groups (broad SMARTS) is 1. The molecule has 2 aromatic rings. The first-order valence-corrected chi connectivity index (χ1v) is 11.0. The van der Waals surface area contributed by atoms with Crippen molar-refractivity contribution in [2.45, 2.75) is 39.8 Å². The van der Waals surface area contributed by atoms with Crippen molar-refractivity contribution >= 4 is 29.3 Å². The quantitative estimate of drug-likeness (QED) is 0.759. The molecule has 2 aliphatic heterocycles. The van der Waals surface area contributed by atoms with Gasteiger partial charge in [0, 0.05) is 73.9 Å². The van der Waals surface area contributed by atoms with Crippen molar-refractivity contribution < 1.29 is 14.7 Å². The second-order valence-corrected chi connectivity index (χ2v) is 8.63. The number of fused-ring (bicyclic) bond motifs is 1. The number of rotatable bonds is 3. The third-order valence-electron chi connectivity index (χ3n) is 6.63. The van der Waals surface area contributed by atoms with Gasteiger partial charge in [0.1, 0.15) is 0 Å². The number of benzene rings is 1. The van der Waals surface area contributed by atoms with Crippen LogP contribution in [0.3, 0.4) is 0 Å². The van der Waals surface area contributed by atoms with E-state index in [4.69, 9.17) is 0 Å². The first-order valence-electron chi connectivity index (χ1n) is 11.0. The number of anilines is 3. The van der Waals surface area contributed by atoms with Crippen LogP contribution in [-0.2, 0) is 4.79 Å². The molecule has 0 spiro atoms. The van der Waals surface area contributed by atoms with E-state index in [1.807, 2.05) is 30.0 Å². The van der Waals surface area contributed by atoms with E-state index in [2.05, 4.69) is 40.1 Å². The van der Waals surface area contributed by atoms with Crippen molar-refractivity contribution in [1.29, 1.82) is 0 Å². The molecule has 3 atom stereocenters. The van der Waals surface area contributed by atoms with Crippen molar-refractivity contribution in [2.75, 3.05) is 41.3 Å². The van der Waals surface area contributed by atoms with Crippen molar-refractivity contribution in [3.05, 3.63) is 41.7 Å². The molecule has 0 bridgehead atoms. The maximum absolute atomic E-state index is 12.5. The minimum atomic E-state index is -0.877. The van der Waals surface area contributed by atoms with Crippen LogP contribution in [0.2, 0.25) is 0 Å². The molecule has 0 unspecified atom stereocenters. The molecule has 1 fully saturated rings. The smallest absolute Gasteiger partial charge is 0.407 e. The van der Waals surface area contributed by atoms with Crippen LogP contribution in [0, 0.1) is 12.8 Å². The van der Waals surface area contributed by atoms with Gasteiger partial charge in [0.25, 0.3) is 0 Å². The fourth-order valence-electron chi connectivity index (χ4n) is 4.70. The number of nitrogens with one attached hydrogen (secondary N) is 1. The van der Waals surface area contributed by atoms with E-state index in [1.165, 1.54) is 4.90 Å². The number of amides is 2. The van der Waals surface area contributed by atoms with Gasteiger partial charge in [0.15, 0.2) is 0 Å². The molecule has 32 heavy (non-hydrogen) atoms. The highest BCUT2D eigenvalue weighted by atomic mass is 16.4. The normalized spacial score (nSPS) is 23.0. The van der Waals surface area contributed by atoms with Crippen molar-refractivity contribution in [3.8, 4) is 0 Å². The van der Waals surface area contributed by atoms with Gasteiger partial charge in [-0.05, 0) is 38.1 Å². The molecule has 0 radical (unpaired) electrons. The average Bonchev–Trinajstić information content (AvgIpc) is 2.76. The van der Waals surface area contributed by atoms with E-state index >= 15 is 0 Å². The Balaban J connectivity index is 1.70. The Kier molecular flexibility index (Phi) is 5.90. The molecule has 2 aliphatic rings. The Morgan fingerprint density at radius 2 is 1.84 bits per heavy atom. The summed E-state index contributed by atoms with van der Waals surface area (Å²) in [5.41, 5.74) is 3.82. The van der Waals surface area contributed by atoms with Crippen LogP contribution in [0.1, 0.15) is 38.1 Å². The number of piperazine rings is 1. The standard InChI is InChI=1S/C23H30N6O3/c1-14-7-8-24-22(25-14)26-21-15(2)16(3)29(17(4)30)20-6-5-18(13-19(20)21)27-9-11-28(12-10-27)23(31)32/h5-8,13,15-16,21H,9-12H2,1-4H3,(H,31,32)(H,24,25,26)/t15-,16-,21+/m0/s1. The van der Waals surface area contributed by atoms with Crippen LogP contribution in [0.15, 0.2) is 30.5 Å². The third kappa shape index (κ3) is 4.06. The topological polar surface area (TPSA) is 102 Å². The molecular formula is C23H30N6O3. The first-order chi connectivity index (χ1) is 15.3. The average molecular weight is 439 g/mol. The van der Waals surface area contributed by atoms with Gasteiger partial charge >= 0.3 is 6.09 Å². The first kappa shape index (κ1) is 21.9. The summed E-state index contributed by atoms with van der Waals surface area (Å²) in [4.78, 5) is 38.2. The van der Waals surface area contributed by atoms with Crippen LogP contribution in [0.4, 0.5) is 22.1 Å². The summed E-state index contributed by atoms with van der Waals surface area (Å²) >= 11 is 0. The molecule has 1 aromatic heterocycles. The molecule has 4 rings (SSSR count). The molecule has 2 N–H and O–H groups in total. The Morgan fingerprint density at radius 1 is 1.12 bits per heavy atom. The lowest BCUT2D eigenvalue weighted by molar-refractivity contribution is -0.117. The largest absolute Gasteiger partial charge is 0.465 e. The number of hydrogen-bond donors (Lipinski definition) is 2. The van der Waals surface area contributed by atoms with Crippen LogP contribution in [-0.4, -0.2) is 64.2 Å². The maximum atomic E-state index is 12.5. The molecule has 0 saturated carbocycles. The van der Waals surface area contributed by atoms with E-state index in [0.717, 1.165) is 22.6 Å². The van der Waals surface area contributed by atoms with Gasteiger partial charge in [-0.15, -0.1) is 0 Å². The highest BCUT2D eigenvalue weighted by Crippen LogP contribution is 2.43. The van der Waals surface area contributed by atoms with Crippen molar-refractivity contribution in [1.82, 2.24) is 14.9 Å². The monoisotopic (exact) mass is 438 g/mol. The molecule has 0 aliphatic carbocycles. The van der Waals surface area contributed by atoms with E-state index in [-0.39, 0.29) is 23.9 Å². The van der Waals surface area contributed by atoms with Gasteiger partial charge in [-0.3, -0.25) is 4.79 Å². The number of nitrogens with zero attached hydrogens (tertiary/aromatic N) is 5. The summed E-state index contributed by atoms with van der Waals surface area (Å²) in [6.07, 6.45) is 0.861. The molecule has 1 aromatic carbocycles. The summed E-state index contributed by atoms with van der Waals surface area (Å²) in [5, 5.41) is 12.7. The van der Waals surface area contributed by atoms with Crippen LogP contribution >= 0.6 is 0 Å². The zero-order chi connectivity index (χ0) is 23.0. The molecule has 9 heteroatoms. The number of aromatic nitrogens is 2. The van der Waals surface area contributed by atoms with Crippen molar-refractivity contribution in [2.24, 2.45) is 5.92 Å². The number of carbonyl (C=O) groups excluding carboxylic acids is 1. The molecule has 170 valence electrons. The minimum Gasteiger partial charge on any atom is -0.465 e. The fraction of sp³-hybridized carbons (Fsp3) is 0.478. The van der Waals surface area contributed by atoms with Gasteiger partial charge < -0.3 is 25.1 Å². The number of aryl methyl sites for hydroxylation is 1. The van der Waals surface area contributed by atoms with Gasteiger partial charge in [0.2, 0.25) is 11.9 Å². The SMILES string of the molecule is CC(=O)N1c2ccc(N3CCN(C(=O)O)CC3)cc2[C@H](Nc2nccc(C)n2)[C@@H](C)[C@@H]1C. The van der Waals surface area contributed by atoms with Crippen LogP contribution in [0.5, 0.6) is 0 Å². The molecule has 9 nitrogen and oxygen atoms in total. The molecule has 2 amide bonds. The fourth-order valence-corrected chi connectivity index (χ4v) is 4.70. The lowest BCUT2D eigenvalue weighted by Crippen LogP contribution is -2.49. The Morgan fingerprint density at radius 3 is 2.47 bits per heavy atom. The summed E-state index contributed by atoms with van der Waals surface area (Å²) in [7, 11) is 0. The third-order valence-corrected chi connectivity index (χ3v) is 6.63. The van der Waals surface area contributed by atoms with Crippen molar-refractivity contribution in [3.63, 3.8) is 0 Å². The van der Waals surface area contributed by atoms with Gasteiger partial charge in [-0.1, -0.05) is 6.92 Å². The van der Waals surface area contributed by atoms with Gasteiger partial charge in [-0.2, -0.15) is 0 Å². The molecule has 3 heterocycles. The van der Waals surface area contributed by atoms with E-state index in [1.54, 1.807) is 13.1 Å². The summed E-state index contributed by atoms with van der Waals surface area (Å²) in [6, 6.07) is 7.94. The van der Waals surface area contributed by atoms with Gasteiger partial charge in [0.05, 0.1) is 6.04 Å². The number of hydrogen-bond acceptors (Lipinski definition) is 6. The molecule has 1 saturated heterocycles. The second-order valence-electron chi connectivity index (χ2n) is 8.63. The predicted octanol–water partition coefficient (Wildman–Crippen LogP) is 3.13. The number of carbonyl (C=O) groups is 2. The summed E-state index contributed by atoms with van der Waals surface area (Å²) in [6.45, 7) is 9.94. The summed E-state index contributed by atoms with van der Waals surface area (Å²) in [5.74, 6) is 0.699. The Hall–Kier alpha value is -3.36. The maximum Gasteiger partial charge on any atom is 0.407 e. The van der Waals surface area contributed by atoms with E-state index < -0.39 is 6.09 Å². The van der Waals surface area contributed by atoms with E-state index in [0.29, 0.717) is 32.1 Å². The summed E-state index contributed by atoms with van der Waals surface area (Å²) < 4.78 is 0. The predicted molar refractivity (Wildman–Crippen MR) is 123 cm³/mol. The van der Waals surface area contributed by atoms with Crippen LogP contribution in [0.25, 0.3) is 0 Å². The highest BCUT2D eigenvalue weighted by Gasteiger charge is 2.39. The zero-order valence-electron chi connectivity index (χ0n) is 18.9. The Labute approximate surface area is 188 Å². The lowest BCUT2D eigenvalue weighted by Gasteiger charge is -2.44. The minimum absolute atomic E-state index is 0.00673. The lowest BCUT2D eigenvalue weighted by atomic mass is 9.82. The second kappa shape index (κ2) is 8.64. The zero-order valence-corrected chi connectivity index (χ0v) is 18.9. The molecular weight excluding hydrogens is 408 g/mol. The Bertz CT molecular complexity index is 1020.